The molecule has 0 aliphatic heterocycles. The predicted molar refractivity (Wildman–Crippen MR) is 82.7 cm³/mol. The van der Waals surface area contributed by atoms with Crippen molar-refractivity contribution < 1.29 is 4.74 Å². The van der Waals surface area contributed by atoms with Crippen LogP contribution in [-0.2, 0) is 0 Å². The van der Waals surface area contributed by atoms with Crippen molar-refractivity contribution in [3.8, 4) is 5.88 Å². The van der Waals surface area contributed by atoms with Crippen molar-refractivity contribution in [2.24, 2.45) is 10.8 Å². The van der Waals surface area contributed by atoms with Crippen molar-refractivity contribution in [1.82, 2.24) is 10.4 Å². The van der Waals surface area contributed by atoms with E-state index in [1.54, 1.807) is 18.2 Å². The third-order valence-electron chi connectivity index (χ3n) is 2.20. The molecule has 106 valence electrons. The average Bonchev–Trinajstić information content (AvgIpc) is 2.47. The quantitative estimate of drug-likeness (QED) is 0.288. The van der Waals surface area contributed by atoms with Gasteiger partial charge in [-0.25, -0.2) is 15.8 Å². The molecule has 0 atom stereocenters. The highest BCUT2D eigenvalue weighted by molar-refractivity contribution is 6.36. The van der Waals surface area contributed by atoms with Crippen LogP contribution in [0.2, 0.25) is 0 Å². The van der Waals surface area contributed by atoms with E-state index in [9.17, 15) is 0 Å². The summed E-state index contributed by atoms with van der Waals surface area (Å²) in [5.74, 6) is 6.15. The number of aromatic nitrogens is 1. The maximum atomic E-state index is 5.97. The Morgan fingerprint density at radius 3 is 2.70 bits per heavy atom. The molecule has 1 aromatic rings. The van der Waals surface area contributed by atoms with Crippen LogP contribution in [0, 0.1) is 0 Å². The number of rotatable bonds is 5. The van der Waals surface area contributed by atoms with Gasteiger partial charge in [0.1, 0.15) is 11.4 Å². The van der Waals surface area contributed by atoms with E-state index in [4.69, 9.17) is 33.8 Å². The van der Waals surface area contributed by atoms with Crippen LogP contribution >= 0.6 is 23.2 Å². The molecular weight excluding hydrogens is 299 g/mol. The fourth-order valence-corrected chi connectivity index (χ4v) is 1.62. The zero-order valence-electron chi connectivity index (χ0n) is 10.9. The van der Waals surface area contributed by atoms with Crippen molar-refractivity contribution >= 4 is 29.0 Å². The zero-order valence-corrected chi connectivity index (χ0v) is 12.4. The topological polar surface area (TPSA) is 72.5 Å². The molecule has 0 saturated heterocycles. The highest BCUT2D eigenvalue weighted by Crippen LogP contribution is 2.22. The number of nitrogens with zero attached hydrogens (tertiary/aromatic N) is 2. The minimum absolute atomic E-state index is 0.158. The molecule has 0 aromatic carbocycles. The Kier molecular flexibility index (Phi) is 6.24. The Morgan fingerprint density at radius 2 is 2.20 bits per heavy atom. The second-order valence-electron chi connectivity index (χ2n) is 3.48. The number of nitrogens with two attached hydrogens (primary N) is 1. The number of amidine groups is 1. The van der Waals surface area contributed by atoms with Crippen LogP contribution in [0.25, 0.3) is 0 Å². The Labute approximate surface area is 127 Å². The lowest BCUT2D eigenvalue weighted by Crippen LogP contribution is -2.32. The molecule has 5 nitrogen and oxygen atoms in total. The van der Waals surface area contributed by atoms with Crippen LogP contribution < -0.4 is 16.0 Å². The number of allylic oxidation sites excluding steroid dienone is 3. The fraction of sp³-hybridized carbons (Fsp3) is 0.0769. The van der Waals surface area contributed by atoms with Crippen LogP contribution in [0.4, 0.5) is 0 Å². The van der Waals surface area contributed by atoms with Crippen LogP contribution in [0.15, 0.2) is 58.2 Å². The summed E-state index contributed by atoms with van der Waals surface area (Å²) in [6.07, 6.45) is 1.40. The van der Waals surface area contributed by atoms with E-state index in [1.165, 1.54) is 13.2 Å². The molecular formula is C13H14Cl2N4O. The monoisotopic (exact) mass is 312 g/mol. The van der Waals surface area contributed by atoms with E-state index in [-0.39, 0.29) is 21.6 Å². The first-order valence-corrected chi connectivity index (χ1v) is 6.22. The summed E-state index contributed by atoms with van der Waals surface area (Å²) < 4.78 is 5.04. The van der Waals surface area contributed by atoms with Gasteiger partial charge in [0, 0.05) is 6.07 Å². The van der Waals surface area contributed by atoms with E-state index >= 15 is 0 Å². The van der Waals surface area contributed by atoms with Gasteiger partial charge in [-0.3, -0.25) is 0 Å². The summed E-state index contributed by atoms with van der Waals surface area (Å²) in [5.41, 5.74) is 3.16. The molecule has 1 heterocycles. The first-order chi connectivity index (χ1) is 9.53. The fourth-order valence-electron chi connectivity index (χ4n) is 1.28. The summed E-state index contributed by atoms with van der Waals surface area (Å²) in [5, 5.41) is 0.409. The second kappa shape index (κ2) is 7.69. The maximum Gasteiger partial charge on any atom is 0.213 e. The van der Waals surface area contributed by atoms with Crippen molar-refractivity contribution in [1.29, 1.82) is 0 Å². The van der Waals surface area contributed by atoms with Crippen LogP contribution in [0.1, 0.15) is 5.69 Å². The van der Waals surface area contributed by atoms with Crippen LogP contribution in [0.5, 0.6) is 5.88 Å². The summed E-state index contributed by atoms with van der Waals surface area (Å²) in [7, 11) is 1.51. The number of ether oxygens (including phenoxy) is 1. The smallest absolute Gasteiger partial charge is 0.213 e. The van der Waals surface area contributed by atoms with Crippen molar-refractivity contribution in [3.05, 3.63) is 58.9 Å². The van der Waals surface area contributed by atoms with Gasteiger partial charge in [0.25, 0.3) is 0 Å². The number of pyridine rings is 1. The molecule has 0 saturated carbocycles. The highest BCUT2D eigenvalue weighted by Gasteiger charge is 2.10. The average molecular weight is 313 g/mol. The zero-order chi connectivity index (χ0) is 15.1. The molecule has 0 bridgehead atoms. The first kappa shape index (κ1) is 16.2. The summed E-state index contributed by atoms with van der Waals surface area (Å²) in [6, 6.07) is 5.16. The van der Waals surface area contributed by atoms with Crippen LogP contribution in [-0.4, -0.2) is 17.9 Å². The second-order valence-corrected chi connectivity index (χ2v) is 4.34. The van der Waals surface area contributed by atoms with Gasteiger partial charge in [-0.1, -0.05) is 42.4 Å². The molecule has 0 unspecified atom stereocenters. The van der Waals surface area contributed by atoms with Gasteiger partial charge >= 0.3 is 0 Å². The van der Waals surface area contributed by atoms with Gasteiger partial charge in [-0.15, -0.1) is 0 Å². The molecule has 20 heavy (non-hydrogen) atoms. The number of halogens is 2. The molecule has 0 radical (unpaired) electrons. The number of aliphatic imine (C=N–C) groups is 1. The van der Waals surface area contributed by atoms with Crippen LogP contribution in [0.3, 0.4) is 0 Å². The summed E-state index contributed by atoms with van der Waals surface area (Å²) >= 11 is 11.8. The molecule has 0 fully saturated rings. The number of hydrogen-bond acceptors (Lipinski definition) is 4. The lowest BCUT2D eigenvalue weighted by molar-refractivity contribution is 0.397. The Morgan fingerprint density at radius 1 is 1.50 bits per heavy atom. The molecule has 0 spiro atoms. The van der Waals surface area contributed by atoms with E-state index < -0.39 is 0 Å². The highest BCUT2D eigenvalue weighted by atomic mass is 35.5. The van der Waals surface area contributed by atoms with Gasteiger partial charge < -0.3 is 10.2 Å². The normalized spacial score (nSPS) is 12.5. The SMILES string of the molecule is C=C/C(Cl)=C(/N=C(NN)c1cccc(OC)n1)C(=C)Cl. The first-order valence-electron chi connectivity index (χ1n) is 5.47. The van der Waals surface area contributed by atoms with E-state index in [0.29, 0.717) is 11.6 Å². The number of methoxy groups -OCH3 is 1. The number of hydrogen-bond donors (Lipinski definition) is 2. The molecule has 0 aliphatic rings. The lowest BCUT2D eigenvalue weighted by atomic mass is 10.3. The molecule has 1 aromatic heterocycles. The summed E-state index contributed by atoms with van der Waals surface area (Å²) in [4.78, 5) is 8.42. The van der Waals surface area contributed by atoms with E-state index in [2.05, 4.69) is 28.6 Å². The van der Waals surface area contributed by atoms with E-state index in [0.717, 1.165) is 0 Å². The third-order valence-corrected chi connectivity index (χ3v) is 2.71. The predicted octanol–water partition coefficient (Wildman–Crippen LogP) is 2.69. The van der Waals surface area contributed by atoms with E-state index in [1.807, 2.05) is 0 Å². The standard InChI is InChI=1S/C13H14Cl2N4O/c1-4-9(15)12(8(2)14)18-13(19-16)10-6-5-7-11(17-10)20-3/h4-7H,1-2,16H2,3H3,(H,18,19)/b12-9-. The van der Waals surface area contributed by atoms with Gasteiger partial charge in [0.15, 0.2) is 5.84 Å². The molecule has 3 N–H and O–H groups in total. The third kappa shape index (κ3) is 4.09. The minimum atomic E-state index is 0.158. The van der Waals surface area contributed by atoms with Gasteiger partial charge in [-0.05, 0) is 12.1 Å². The maximum absolute atomic E-state index is 5.97. The van der Waals surface area contributed by atoms with Gasteiger partial charge in [0.2, 0.25) is 5.88 Å². The molecule has 0 amide bonds. The Bertz CT molecular complexity index is 581. The number of hydrazine groups is 1. The minimum Gasteiger partial charge on any atom is -0.481 e. The number of nitrogens with one attached hydrogen (secondary N) is 1. The molecule has 1 rings (SSSR count). The summed E-state index contributed by atoms with van der Waals surface area (Å²) in [6.45, 7) is 7.14. The largest absolute Gasteiger partial charge is 0.481 e. The Balaban J connectivity index is 3.33. The van der Waals surface area contributed by atoms with Crippen molar-refractivity contribution in [2.75, 3.05) is 7.11 Å². The van der Waals surface area contributed by atoms with Crippen molar-refractivity contribution in [3.63, 3.8) is 0 Å². The molecule has 0 aliphatic carbocycles. The molecule has 7 heteroatoms. The van der Waals surface area contributed by atoms with Gasteiger partial charge in [0.05, 0.1) is 17.2 Å². The Hall–Kier alpha value is -1.82. The lowest BCUT2D eigenvalue weighted by Gasteiger charge is -2.08. The van der Waals surface area contributed by atoms with Gasteiger partial charge in [-0.2, -0.15) is 0 Å². The van der Waals surface area contributed by atoms with Crippen molar-refractivity contribution in [2.45, 2.75) is 0 Å².